The summed E-state index contributed by atoms with van der Waals surface area (Å²) in [6.07, 6.45) is 0. The molecule has 0 aliphatic carbocycles. The molecule has 0 aliphatic heterocycles. The summed E-state index contributed by atoms with van der Waals surface area (Å²) in [4.78, 5) is 29.4. The number of benzene rings is 3. The van der Waals surface area contributed by atoms with Crippen LogP contribution in [-0.2, 0) is 4.79 Å². The Morgan fingerprint density at radius 1 is 0.912 bits per heavy atom. The second-order valence-electron chi connectivity index (χ2n) is 7.65. The lowest BCUT2D eigenvalue weighted by atomic mass is 10.2. The first kappa shape index (κ1) is 23.6. The first-order valence-corrected chi connectivity index (χ1v) is 12.3. The molecule has 3 aromatic carbocycles. The molecule has 9 heteroatoms. The van der Waals surface area contributed by atoms with Crippen molar-refractivity contribution in [1.82, 2.24) is 4.98 Å². The molecule has 1 heterocycles. The number of aromatic nitrogens is 1. The summed E-state index contributed by atoms with van der Waals surface area (Å²) in [5.41, 5.74) is 4.99. The van der Waals surface area contributed by atoms with Crippen LogP contribution in [0, 0.1) is 13.8 Å². The van der Waals surface area contributed by atoms with Crippen molar-refractivity contribution in [2.24, 2.45) is 0 Å². The zero-order valence-corrected chi connectivity index (χ0v) is 20.6. The lowest BCUT2D eigenvalue weighted by molar-refractivity contribution is -0.113. The Hall–Kier alpha value is -3.56. The van der Waals surface area contributed by atoms with E-state index in [4.69, 9.17) is 4.74 Å². The zero-order valence-electron chi connectivity index (χ0n) is 19.0. The van der Waals surface area contributed by atoms with Crippen LogP contribution in [0.2, 0.25) is 0 Å². The van der Waals surface area contributed by atoms with E-state index < -0.39 is 0 Å². The van der Waals surface area contributed by atoms with Crippen molar-refractivity contribution in [3.63, 3.8) is 0 Å². The Labute approximate surface area is 205 Å². The molecule has 4 rings (SSSR count). The number of amides is 3. The van der Waals surface area contributed by atoms with Gasteiger partial charge < -0.3 is 20.7 Å². The Balaban J connectivity index is 1.36. The predicted octanol–water partition coefficient (Wildman–Crippen LogP) is 6.30. The van der Waals surface area contributed by atoms with E-state index in [1.807, 2.05) is 68.4 Å². The standard InChI is InChI=1S/C25H24N4O3S2/c1-15-4-7-17(8-5-15)26-23(30)14-33-25-29-19-10-9-18(13-22(19)34-25)27-24(31)28-20-12-16(2)6-11-21(20)32-3/h4-13H,14H2,1-3H3,(H,26,30)(H2,27,28,31). The highest BCUT2D eigenvalue weighted by Crippen LogP contribution is 2.31. The molecule has 0 bridgehead atoms. The quantitative estimate of drug-likeness (QED) is 0.263. The van der Waals surface area contributed by atoms with Crippen LogP contribution in [0.5, 0.6) is 5.75 Å². The summed E-state index contributed by atoms with van der Waals surface area (Å²) in [6, 6.07) is 18.4. The normalized spacial score (nSPS) is 10.7. The largest absolute Gasteiger partial charge is 0.495 e. The molecule has 0 saturated heterocycles. The lowest BCUT2D eigenvalue weighted by Gasteiger charge is -2.12. The molecule has 0 aliphatic rings. The van der Waals surface area contributed by atoms with Crippen LogP contribution in [0.15, 0.2) is 65.0 Å². The monoisotopic (exact) mass is 492 g/mol. The fraction of sp³-hybridized carbons (Fsp3) is 0.160. The molecule has 0 fully saturated rings. The van der Waals surface area contributed by atoms with E-state index in [1.165, 1.54) is 23.1 Å². The third kappa shape index (κ3) is 6.06. The number of thiazole rings is 1. The minimum absolute atomic E-state index is 0.0845. The molecule has 34 heavy (non-hydrogen) atoms. The van der Waals surface area contributed by atoms with Crippen LogP contribution in [0.25, 0.3) is 10.2 Å². The van der Waals surface area contributed by atoms with Crippen LogP contribution >= 0.6 is 23.1 Å². The molecule has 0 spiro atoms. The van der Waals surface area contributed by atoms with Gasteiger partial charge in [-0.3, -0.25) is 4.79 Å². The Bertz CT molecular complexity index is 1340. The Morgan fingerprint density at radius 3 is 2.41 bits per heavy atom. The van der Waals surface area contributed by atoms with Crippen LogP contribution in [0.3, 0.4) is 0 Å². The van der Waals surface area contributed by atoms with Gasteiger partial charge in [-0.15, -0.1) is 11.3 Å². The summed E-state index contributed by atoms with van der Waals surface area (Å²) in [7, 11) is 1.56. The van der Waals surface area contributed by atoms with Crippen molar-refractivity contribution in [3.8, 4) is 5.75 Å². The van der Waals surface area contributed by atoms with Crippen LogP contribution < -0.4 is 20.7 Å². The molecule has 0 unspecified atom stereocenters. The molecular weight excluding hydrogens is 468 g/mol. The molecule has 0 radical (unpaired) electrons. The number of aryl methyl sites for hydroxylation is 2. The average molecular weight is 493 g/mol. The number of ether oxygens (including phenoxy) is 1. The van der Waals surface area contributed by atoms with Gasteiger partial charge in [-0.2, -0.15) is 0 Å². The van der Waals surface area contributed by atoms with E-state index in [-0.39, 0.29) is 17.7 Å². The SMILES string of the molecule is COc1ccc(C)cc1NC(=O)Nc1ccc2nc(SCC(=O)Nc3ccc(C)cc3)sc2c1. The number of nitrogens with one attached hydrogen (secondary N) is 3. The minimum atomic E-state index is -0.366. The Morgan fingerprint density at radius 2 is 1.65 bits per heavy atom. The highest BCUT2D eigenvalue weighted by atomic mass is 32.2. The zero-order chi connectivity index (χ0) is 24.1. The molecule has 1 aromatic heterocycles. The molecule has 0 saturated carbocycles. The van der Waals surface area contributed by atoms with E-state index >= 15 is 0 Å². The summed E-state index contributed by atoms with van der Waals surface area (Å²) < 4.78 is 7.02. The highest BCUT2D eigenvalue weighted by molar-refractivity contribution is 8.01. The van der Waals surface area contributed by atoms with Gasteiger partial charge in [0.15, 0.2) is 4.34 Å². The van der Waals surface area contributed by atoms with Crippen molar-refractivity contribution in [2.45, 2.75) is 18.2 Å². The summed E-state index contributed by atoms with van der Waals surface area (Å²) in [5, 5.41) is 8.56. The summed E-state index contributed by atoms with van der Waals surface area (Å²) >= 11 is 2.87. The maximum Gasteiger partial charge on any atom is 0.323 e. The first-order valence-electron chi connectivity index (χ1n) is 10.5. The van der Waals surface area contributed by atoms with E-state index in [0.29, 0.717) is 17.1 Å². The number of fused-ring (bicyclic) bond motifs is 1. The topological polar surface area (TPSA) is 92.3 Å². The van der Waals surface area contributed by atoms with E-state index in [9.17, 15) is 9.59 Å². The van der Waals surface area contributed by atoms with Crippen LogP contribution in [-0.4, -0.2) is 29.8 Å². The second kappa shape index (κ2) is 10.6. The van der Waals surface area contributed by atoms with Gasteiger partial charge in [-0.25, -0.2) is 9.78 Å². The van der Waals surface area contributed by atoms with Crippen molar-refractivity contribution < 1.29 is 14.3 Å². The van der Waals surface area contributed by atoms with Crippen LogP contribution in [0.1, 0.15) is 11.1 Å². The van der Waals surface area contributed by atoms with E-state index in [1.54, 1.807) is 13.2 Å². The van der Waals surface area contributed by atoms with Gasteiger partial charge in [0, 0.05) is 11.4 Å². The number of nitrogens with zero attached hydrogens (tertiary/aromatic N) is 1. The fourth-order valence-electron chi connectivity index (χ4n) is 3.21. The van der Waals surface area contributed by atoms with Gasteiger partial charge in [0.1, 0.15) is 5.75 Å². The number of hydrogen-bond acceptors (Lipinski definition) is 6. The maximum absolute atomic E-state index is 12.5. The molecule has 7 nitrogen and oxygen atoms in total. The van der Waals surface area contributed by atoms with Crippen molar-refractivity contribution >= 4 is 62.3 Å². The van der Waals surface area contributed by atoms with Gasteiger partial charge in [0.05, 0.1) is 28.8 Å². The van der Waals surface area contributed by atoms with E-state index in [2.05, 4.69) is 20.9 Å². The molecular formula is C25H24N4O3S2. The predicted molar refractivity (Wildman–Crippen MR) is 141 cm³/mol. The summed E-state index contributed by atoms with van der Waals surface area (Å²) in [6.45, 7) is 3.95. The number of hydrogen-bond donors (Lipinski definition) is 3. The van der Waals surface area contributed by atoms with Crippen molar-refractivity contribution in [2.75, 3.05) is 28.8 Å². The number of rotatable bonds is 7. The lowest BCUT2D eigenvalue weighted by Crippen LogP contribution is -2.19. The molecule has 174 valence electrons. The number of thioether (sulfide) groups is 1. The number of methoxy groups -OCH3 is 1. The number of carbonyl (C=O) groups is 2. The smallest absolute Gasteiger partial charge is 0.323 e. The van der Waals surface area contributed by atoms with Gasteiger partial charge in [-0.1, -0.05) is 35.5 Å². The maximum atomic E-state index is 12.5. The van der Waals surface area contributed by atoms with Crippen LogP contribution in [0.4, 0.5) is 21.9 Å². The molecule has 4 aromatic rings. The van der Waals surface area contributed by atoms with Crippen molar-refractivity contribution in [3.05, 3.63) is 71.8 Å². The minimum Gasteiger partial charge on any atom is -0.495 e. The Kier molecular flexibility index (Phi) is 7.34. The van der Waals surface area contributed by atoms with Gasteiger partial charge in [0.2, 0.25) is 5.91 Å². The number of anilines is 3. The van der Waals surface area contributed by atoms with Gasteiger partial charge in [0.25, 0.3) is 0 Å². The fourth-order valence-corrected chi connectivity index (χ4v) is 5.12. The highest BCUT2D eigenvalue weighted by Gasteiger charge is 2.11. The molecule has 0 atom stereocenters. The van der Waals surface area contributed by atoms with Gasteiger partial charge >= 0.3 is 6.03 Å². The number of carbonyl (C=O) groups excluding carboxylic acids is 2. The van der Waals surface area contributed by atoms with Crippen molar-refractivity contribution in [1.29, 1.82) is 0 Å². The third-order valence-corrected chi connectivity index (χ3v) is 7.05. The number of urea groups is 1. The summed E-state index contributed by atoms with van der Waals surface area (Å²) in [5.74, 6) is 0.768. The van der Waals surface area contributed by atoms with E-state index in [0.717, 1.165) is 31.4 Å². The third-order valence-electron chi connectivity index (χ3n) is 4.89. The first-order chi connectivity index (χ1) is 16.4. The molecule has 3 amide bonds. The van der Waals surface area contributed by atoms with Gasteiger partial charge in [-0.05, 0) is 61.9 Å². The second-order valence-corrected chi connectivity index (χ2v) is 9.90. The average Bonchev–Trinajstić information content (AvgIpc) is 3.21. The molecule has 3 N–H and O–H groups in total.